The summed E-state index contributed by atoms with van der Waals surface area (Å²) in [6.07, 6.45) is 1.71. The molecule has 0 aliphatic heterocycles. The molecule has 0 aliphatic carbocycles. The molecule has 3 aromatic heterocycles. The highest BCUT2D eigenvalue weighted by molar-refractivity contribution is 7.99. The lowest BCUT2D eigenvalue weighted by Gasteiger charge is -1.95. The van der Waals surface area contributed by atoms with E-state index >= 15 is 0 Å². The summed E-state index contributed by atoms with van der Waals surface area (Å²) in [4.78, 5) is 9.82. The van der Waals surface area contributed by atoms with Gasteiger partial charge in [0, 0.05) is 12.2 Å². The van der Waals surface area contributed by atoms with Crippen LogP contribution in [0.4, 0.5) is 0 Å². The zero-order valence-electron chi connectivity index (χ0n) is 13.9. The zero-order chi connectivity index (χ0) is 17.2. The van der Waals surface area contributed by atoms with Gasteiger partial charge in [0.25, 0.3) is 11.1 Å². The normalized spacial score (nSPS) is 11.4. The van der Waals surface area contributed by atoms with Gasteiger partial charge >= 0.3 is 0 Å². The third kappa shape index (κ3) is 3.59. The van der Waals surface area contributed by atoms with Gasteiger partial charge in [0.2, 0.25) is 0 Å². The summed E-state index contributed by atoms with van der Waals surface area (Å²) in [5.41, 5.74) is 2.67. The van der Waals surface area contributed by atoms with Crippen LogP contribution in [0.3, 0.4) is 0 Å². The molecular formula is C17H16N4O2S2. The SMILES string of the molecule is Cc1nc(C)c(-c2nnc(SCCCc3nc4ccccc4o3)o2)s1. The fourth-order valence-corrected chi connectivity index (χ4v) is 4.04. The molecule has 4 rings (SSSR count). The number of thiazole rings is 1. The van der Waals surface area contributed by atoms with Crippen molar-refractivity contribution in [3.63, 3.8) is 0 Å². The van der Waals surface area contributed by atoms with Crippen LogP contribution < -0.4 is 0 Å². The van der Waals surface area contributed by atoms with E-state index in [1.165, 1.54) is 0 Å². The van der Waals surface area contributed by atoms with E-state index in [2.05, 4.69) is 20.2 Å². The van der Waals surface area contributed by atoms with E-state index in [1.54, 1.807) is 23.1 Å². The number of rotatable bonds is 6. The Bertz CT molecular complexity index is 972. The van der Waals surface area contributed by atoms with E-state index in [0.717, 1.165) is 51.2 Å². The van der Waals surface area contributed by atoms with Crippen LogP contribution in [-0.4, -0.2) is 25.9 Å². The van der Waals surface area contributed by atoms with Crippen molar-refractivity contribution in [2.24, 2.45) is 0 Å². The number of oxazole rings is 1. The van der Waals surface area contributed by atoms with Crippen LogP contribution >= 0.6 is 23.1 Å². The van der Waals surface area contributed by atoms with Crippen LogP contribution in [0.25, 0.3) is 21.9 Å². The van der Waals surface area contributed by atoms with Gasteiger partial charge in [-0.05, 0) is 32.4 Å². The lowest BCUT2D eigenvalue weighted by molar-refractivity contribution is 0.466. The molecule has 0 N–H and O–H groups in total. The Morgan fingerprint density at radius 2 is 1.96 bits per heavy atom. The molecule has 4 aromatic rings. The molecule has 128 valence electrons. The highest BCUT2D eigenvalue weighted by Gasteiger charge is 2.15. The van der Waals surface area contributed by atoms with Crippen molar-refractivity contribution in [3.8, 4) is 10.8 Å². The Morgan fingerprint density at radius 3 is 2.76 bits per heavy atom. The minimum absolute atomic E-state index is 0.546. The summed E-state index contributed by atoms with van der Waals surface area (Å²) in [7, 11) is 0. The first kappa shape index (κ1) is 16.3. The summed E-state index contributed by atoms with van der Waals surface area (Å²) in [6, 6.07) is 7.81. The first-order valence-corrected chi connectivity index (χ1v) is 9.74. The molecule has 6 nitrogen and oxygen atoms in total. The van der Waals surface area contributed by atoms with Crippen LogP contribution in [-0.2, 0) is 6.42 Å². The van der Waals surface area contributed by atoms with Crippen molar-refractivity contribution >= 4 is 34.2 Å². The number of fused-ring (bicyclic) bond motifs is 1. The Morgan fingerprint density at radius 1 is 1.08 bits per heavy atom. The highest BCUT2D eigenvalue weighted by Crippen LogP contribution is 2.30. The van der Waals surface area contributed by atoms with Crippen molar-refractivity contribution in [1.29, 1.82) is 0 Å². The number of para-hydroxylation sites is 2. The zero-order valence-corrected chi connectivity index (χ0v) is 15.5. The number of thioether (sulfide) groups is 1. The largest absolute Gasteiger partial charge is 0.441 e. The monoisotopic (exact) mass is 372 g/mol. The van der Waals surface area contributed by atoms with E-state index in [4.69, 9.17) is 8.83 Å². The quantitative estimate of drug-likeness (QED) is 0.359. The number of aryl methyl sites for hydroxylation is 3. The smallest absolute Gasteiger partial charge is 0.276 e. The maximum atomic E-state index is 5.74. The molecule has 25 heavy (non-hydrogen) atoms. The van der Waals surface area contributed by atoms with Crippen molar-refractivity contribution in [3.05, 3.63) is 40.9 Å². The molecule has 0 saturated heterocycles. The number of benzene rings is 1. The Hall–Kier alpha value is -2.19. The predicted octanol–water partition coefficient (Wildman–Crippen LogP) is 4.68. The lowest BCUT2D eigenvalue weighted by Crippen LogP contribution is -1.87. The van der Waals surface area contributed by atoms with Gasteiger partial charge in [0.05, 0.1) is 10.7 Å². The van der Waals surface area contributed by atoms with E-state index in [9.17, 15) is 0 Å². The van der Waals surface area contributed by atoms with Gasteiger partial charge in [-0.3, -0.25) is 0 Å². The summed E-state index contributed by atoms with van der Waals surface area (Å²) >= 11 is 3.12. The molecule has 0 amide bonds. The molecule has 8 heteroatoms. The summed E-state index contributed by atoms with van der Waals surface area (Å²) in [5, 5.41) is 9.82. The standard InChI is InChI=1S/C17H16N4O2S2/c1-10-15(25-11(2)18-10)16-20-21-17(23-16)24-9-5-8-14-19-12-6-3-4-7-13(12)22-14/h3-4,6-7H,5,8-9H2,1-2H3. The van der Waals surface area contributed by atoms with Crippen LogP contribution in [0.1, 0.15) is 23.0 Å². The van der Waals surface area contributed by atoms with Gasteiger partial charge < -0.3 is 8.83 Å². The molecule has 0 saturated carbocycles. The summed E-state index contributed by atoms with van der Waals surface area (Å²) < 4.78 is 11.5. The van der Waals surface area contributed by atoms with Gasteiger partial charge in [-0.15, -0.1) is 21.5 Å². The lowest BCUT2D eigenvalue weighted by atomic mass is 10.3. The Kier molecular flexibility index (Phi) is 4.54. The molecular weight excluding hydrogens is 356 g/mol. The fourth-order valence-electron chi connectivity index (χ4n) is 2.50. The minimum Gasteiger partial charge on any atom is -0.441 e. The number of hydrogen-bond acceptors (Lipinski definition) is 8. The maximum Gasteiger partial charge on any atom is 0.276 e. The molecule has 0 bridgehead atoms. The topological polar surface area (TPSA) is 77.8 Å². The molecule has 0 aliphatic rings. The van der Waals surface area contributed by atoms with E-state index in [0.29, 0.717) is 11.1 Å². The van der Waals surface area contributed by atoms with E-state index in [1.807, 2.05) is 38.1 Å². The first-order chi connectivity index (χ1) is 12.2. The van der Waals surface area contributed by atoms with Crippen LogP contribution in [0, 0.1) is 13.8 Å². The van der Waals surface area contributed by atoms with E-state index < -0.39 is 0 Å². The number of aromatic nitrogens is 4. The second-order valence-electron chi connectivity index (χ2n) is 5.55. The summed E-state index contributed by atoms with van der Waals surface area (Å²) in [6.45, 7) is 3.93. The predicted molar refractivity (Wildman–Crippen MR) is 97.9 cm³/mol. The number of nitrogens with zero attached hydrogens (tertiary/aromatic N) is 4. The second-order valence-corrected chi connectivity index (χ2v) is 7.80. The maximum absolute atomic E-state index is 5.74. The molecule has 3 heterocycles. The van der Waals surface area contributed by atoms with Gasteiger partial charge in [-0.1, -0.05) is 23.9 Å². The van der Waals surface area contributed by atoms with Crippen LogP contribution in [0.15, 0.2) is 38.3 Å². The Balaban J connectivity index is 1.32. The van der Waals surface area contributed by atoms with Gasteiger partial charge in [-0.2, -0.15) is 0 Å². The number of hydrogen-bond donors (Lipinski definition) is 0. The molecule has 0 fully saturated rings. The second kappa shape index (κ2) is 6.97. The van der Waals surface area contributed by atoms with Crippen molar-refractivity contribution in [1.82, 2.24) is 20.2 Å². The average molecular weight is 372 g/mol. The van der Waals surface area contributed by atoms with Gasteiger partial charge in [-0.25, -0.2) is 9.97 Å². The van der Waals surface area contributed by atoms with Crippen molar-refractivity contribution in [2.45, 2.75) is 31.9 Å². The highest BCUT2D eigenvalue weighted by atomic mass is 32.2. The first-order valence-electron chi connectivity index (χ1n) is 7.94. The Labute approximate surface area is 152 Å². The van der Waals surface area contributed by atoms with Crippen LogP contribution in [0.5, 0.6) is 0 Å². The van der Waals surface area contributed by atoms with Gasteiger partial charge in [0.1, 0.15) is 10.4 Å². The summed E-state index contributed by atoms with van der Waals surface area (Å²) in [5.74, 6) is 2.18. The molecule has 0 spiro atoms. The fraction of sp³-hybridized carbons (Fsp3) is 0.294. The van der Waals surface area contributed by atoms with Crippen molar-refractivity contribution < 1.29 is 8.83 Å². The van der Waals surface area contributed by atoms with E-state index in [-0.39, 0.29) is 0 Å². The third-order valence-electron chi connectivity index (χ3n) is 3.60. The van der Waals surface area contributed by atoms with Crippen LogP contribution in [0.2, 0.25) is 0 Å². The minimum atomic E-state index is 0.546. The molecule has 0 atom stereocenters. The molecule has 0 unspecified atom stereocenters. The molecule has 1 aromatic carbocycles. The average Bonchev–Trinajstić information content (AvgIpc) is 3.29. The van der Waals surface area contributed by atoms with Gasteiger partial charge in [0.15, 0.2) is 11.5 Å². The third-order valence-corrected chi connectivity index (χ3v) is 5.57. The molecule has 0 radical (unpaired) electrons. The van der Waals surface area contributed by atoms with Crippen molar-refractivity contribution in [2.75, 3.05) is 5.75 Å².